The van der Waals surface area contributed by atoms with Crippen LogP contribution in [0.1, 0.15) is 37.0 Å². The van der Waals surface area contributed by atoms with Crippen LogP contribution in [-0.4, -0.2) is 38.7 Å². The molecule has 3 aromatic rings. The highest BCUT2D eigenvalue weighted by atomic mass is 16.2. The lowest BCUT2D eigenvalue weighted by atomic mass is 9.98. The molecule has 5 heteroatoms. The molecule has 0 radical (unpaired) electrons. The van der Waals surface area contributed by atoms with Gasteiger partial charge in [0.05, 0.1) is 23.0 Å². The van der Waals surface area contributed by atoms with Gasteiger partial charge in [-0.2, -0.15) is 5.10 Å². The van der Waals surface area contributed by atoms with Gasteiger partial charge in [0.15, 0.2) is 0 Å². The second kappa shape index (κ2) is 6.90. The van der Waals surface area contributed by atoms with E-state index in [1.165, 1.54) is 6.42 Å². The minimum Gasteiger partial charge on any atom is -0.338 e. The van der Waals surface area contributed by atoms with E-state index >= 15 is 0 Å². The molecule has 0 N–H and O–H groups in total. The normalized spacial score (nSPS) is 17.6. The first kappa shape index (κ1) is 16.8. The van der Waals surface area contributed by atoms with Gasteiger partial charge in [-0.1, -0.05) is 25.1 Å². The van der Waals surface area contributed by atoms with Gasteiger partial charge in [-0.25, -0.2) is 4.98 Å². The first-order valence-corrected chi connectivity index (χ1v) is 9.37. The number of carbonyl (C=O) groups is 1. The lowest BCUT2D eigenvalue weighted by Gasteiger charge is -2.31. The van der Waals surface area contributed by atoms with Crippen LogP contribution < -0.4 is 0 Å². The van der Waals surface area contributed by atoms with Crippen molar-refractivity contribution in [1.82, 2.24) is 19.7 Å². The molecule has 0 bridgehead atoms. The van der Waals surface area contributed by atoms with Gasteiger partial charge in [-0.05, 0) is 37.8 Å². The van der Waals surface area contributed by atoms with Gasteiger partial charge in [0.2, 0.25) is 0 Å². The van der Waals surface area contributed by atoms with Crippen molar-refractivity contribution in [2.75, 3.05) is 13.1 Å². The Morgan fingerprint density at radius 1 is 1.31 bits per heavy atom. The Labute approximate surface area is 153 Å². The fraction of sp³-hybridized carbons (Fsp3) is 0.381. The fourth-order valence-corrected chi connectivity index (χ4v) is 3.71. The Morgan fingerprint density at radius 2 is 2.15 bits per heavy atom. The maximum absolute atomic E-state index is 13.3. The maximum atomic E-state index is 13.3. The molecule has 1 aliphatic heterocycles. The number of aromatic nitrogens is 3. The quantitative estimate of drug-likeness (QED) is 0.719. The second-order valence-electron chi connectivity index (χ2n) is 7.16. The van der Waals surface area contributed by atoms with Crippen LogP contribution in [0.3, 0.4) is 0 Å². The van der Waals surface area contributed by atoms with E-state index in [1.54, 1.807) is 0 Å². The van der Waals surface area contributed by atoms with Crippen molar-refractivity contribution in [1.29, 1.82) is 0 Å². The number of fused-ring (bicyclic) bond motifs is 1. The molecule has 1 aliphatic rings. The number of nitrogens with zero attached hydrogens (tertiary/aromatic N) is 4. The third-order valence-electron chi connectivity index (χ3n) is 5.14. The number of benzene rings is 1. The lowest BCUT2D eigenvalue weighted by Crippen LogP contribution is -2.39. The summed E-state index contributed by atoms with van der Waals surface area (Å²) < 4.78 is 1.88. The third-order valence-corrected chi connectivity index (χ3v) is 5.14. The molecule has 0 aliphatic carbocycles. The van der Waals surface area contributed by atoms with E-state index in [-0.39, 0.29) is 5.91 Å². The molecule has 134 valence electrons. The molecule has 0 saturated carbocycles. The molecular weight excluding hydrogens is 324 g/mol. The summed E-state index contributed by atoms with van der Waals surface area (Å²) in [4.78, 5) is 20.0. The summed E-state index contributed by atoms with van der Waals surface area (Å²) in [7, 11) is 0. The Hall–Kier alpha value is -2.69. The Balaban J connectivity index is 1.80. The van der Waals surface area contributed by atoms with Crippen LogP contribution in [0.4, 0.5) is 0 Å². The average molecular weight is 348 g/mol. The molecule has 1 aromatic carbocycles. The number of aryl methyl sites for hydroxylation is 1. The molecule has 1 fully saturated rings. The standard InChI is InChI=1S/C21H24N4O/c1-3-25-14-16(12-22-25)20-11-18(17-8-4-5-9-19(17)23-20)21(26)24-10-6-7-15(2)13-24/h4-5,8-9,11-12,14-15H,3,6-7,10,13H2,1-2H3/t15-/m0/s1. The summed E-state index contributed by atoms with van der Waals surface area (Å²) in [6.45, 7) is 6.75. The summed E-state index contributed by atoms with van der Waals surface area (Å²) in [5.74, 6) is 0.669. The van der Waals surface area contributed by atoms with Gasteiger partial charge < -0.3 is 4.90 Å². The topological polar surface area (TPSA) is 51.0 Å². The zero-order chi connectivity index (χ0) is 18.1. The summed E-state index contributed by atoms with van der Waals surface area (Å²) in [6.07, 6.45) is 6.07. The number of hydrogen-bond donors (Lipinski definition) is 0. The molecule has 3 heterocycles. The Kier molecular flexibility index (Phi) is 4.45. The summed E-state index contributed by atoms with van der Waals surface area (Å²) in [5.41, 5.74) is 3.34. The van der Waals surface area contributed by atoms with Crippen LogP contribution >= 0.6 is 0 Å². The highest BCUT2D eigenvalue weighted by molar-refractivity contribution is 6.07. The van der Waals surface area contributed by atoms with Crippen LogP contribution in [0.15, 0.2) is 42.7 Å². The minimum absolute atomic E-state index is 0.110. The number of carbonyl (C=O) groups excluding carboxylic acids is 1. The number of hydrogen-bond acceptors (Lipinski definition) is 3. The van der Waals surface area contributed by atoms with Gasteiger partial charge in [-0.15, -0.1) is 0 Å². The summed E-state index contributed by atoms with van der Waals surface area (Å²) >= 11 is 0. The summed E-state index contributed by atoms with van der Waals surface area (Å²) in [5, 5.41) is 5.27. The van der Waals surface area contributed by atoms with Crippen molar-refractivity contribution < 1.29 is 4.79 Å². The first-order valence-electron chi connectivity index (χ1n) is 9.37. The van der Waals surface area contributed by atoms with E-state index in [0.717, 1.165) is 53.8 Å². The molecule has 0 unspecified atom stereocenters. The highest BCUT2D eigenvalue weighted by Crippen LogP contribution is 2.27. The van der Waals surface area contributed by atoms with E-state index in [4.69, 9.17) is 4.98 Å². The predicted octanol–water partition coefficient (Wildman–Crippen LogP) is 3.99. The average Bonchev–Trinajstić information content (AvgIpc) is 3.16. The van der Waals surface area contributed by atoms with Crippen molar-refractivity contribution in [3.63, 3.8) is 0 Å². The van der Waals surface area contributed by atoms with Crippen LogP contribution in [0.25, 0.3) is 22.2 Å². The van der Waals surface area contributed by atoms with Crippen molar-refractivity contribution in [2.45, 2.75) is 33.2 Å². The number of pyridine rings is 1. The molecule has 2 aromatic heterocycles. The van der Waals surface area contributed by atoms with Gasteiger partial charge in [0.25, 0.3) is 5.91 Å². The fourth-order valence-electron chi connectivity index (χ4n) is 3.71. The van der Waals surface area contributed by atoms with E-state index in [2.05, 4.69) is 18.9 Å². The largest absolute Gasteiger partial charge is 0.338 e. The van der Waals surface area contributed by atoms with Crippen molar-refractivity contribution in [2.24, 2.45) is 5.92 Å². The van der Waals surface area contributed by atoms with Gasteiger partial charge in [0.1, 0.15) is 0 Å². The Bertz CT molecular complexity index is 946. The van der Waals surface area contributed by atoms with Gasteiger partial charge in [-0.3, -0.25) is 9.48 Å². The van der Waals surface area contributed by atoms with Crippen LogP contribution in [-0.2, 0) is 6.54 Å². The Morgan fingerprint density at radius 3 is 2.92 bits per heavy atom. The van der Waals surface area contributed by atoms with E-state index in [9.17, 15) is 4.79 Å². The number of piperidine rings is 1. The minimum atomic E-state index is 0.110. The van der Waals surface area contributed by atoms with E-state index in [0.29, 0.717) is 5.92 Å². The third kappa shape index (κ3) is 3.09. The zero-order valence-corrected chi connectivity index (χ0v) is 15.4. The first-order chi connectivity index (χ1) is 12.7. The molecule has 1 saturated heterocycles. The molecular formula is C21H24N4O. The smallest absolute Gasteiger partial charge is 0.254 e. The van der Waals surface area contributed by atoms with Crippen molar-refractivity contribution >= 4 is 16.8 Å². The van der Waals surface area contributed by atoms with Gasteiger partial charge >= 0.3 is 0 Å². The molecule has 1 atom stereocenters. The van der Waals surface area contributed by atoms with Crippen molar-refractivity contribution in [3.8, 4) is 11.3 Å². The molecule has 26 heavy (non-hydrogen) atoms. The van der Waals surface area contributed by atoms with Crippen LogP contribution in [0, 0.1) is 5.92 Å². The monoisotopic (exact) mass is 348 g/mol. The van der Waals surface area contributed by atoms with E-state index in [1.807, 2.05) is 52.3 Å². The lowest BCUT2D eigenvalue weighted by molar-refractivity contribution is 0.0685. The molecule has 4 rings (SSSR count). The number of para-hydroxylation sites is 1. The van der Waals surface area contributed by atoms with Crippen LogP contribution in [0.2, 0.25) is 0 Å². The van der Waals surface area contributed by atoms with Crippen molar-refractivity contribution in [3.05, 3.63) is 48.3 Å². The number of rotatable bonds is 3. The second-order valence-corrected chi connectivity index (χ2v) is 7.16. The molecule has 0 spiro atoms. The predicted molar refractivity (Wildman–Crippen MR) is 103 cm³/mol. The molecule has 1 amide bonds. The number of likely N-dealkylation sites (tertiary alicyclic amines) is 1. The zero-order valence-electron chi connectivity index (χ0n) is 15.4. The maximum Gasteiger partial charge on any atom is 0.254 e. The SMILES string of the molecule is CCn1cc(-c2cc(C(=O)N3CCC[C@H](C)C3)c3ccccc3n2)cn1. The number of amides is 1. The summed E-state index contributed by atoms with van der Waals surface area (Å²) in [6, 6.07) is 9.82. The van der Waals surface area contributed by atoms with Crippen LogP contribution in [0.5, 0.6) is 0 Å². The van der Waals surface area contributed by atoms with Gasteiger partial charge in [0, 0.05) is 36.8 Å². The highest BCUT2D eigenvalue weighted by Gasteiger charge is 2.24. The van der Waals surface area contributed by atoms with E-state index < -0.39 is 0 Å². The molecule has 5 nitrogen and oxygen atoms in total.